The number of anilines is 2. The van der Waals surface area contributed by atoms with Crippen molar-refractivity contribution in [3.63, 3.8) is 0 Å². The Labute approximate surface area is 161 Å². The van der Waals surface area contributed by atoms with E-state index in [1.807, 2.05) is 0 Å². The molecule has 0 aliphatic rings. The molecule has 0 aliphatic heterocycles. The molecule has 0 saturated heterocycles. The highest BCUT2D eigenvalue weighted by molar-refractivity contribution is 14.1. The van der Waals surface area contributed by atoms with Gasteiger partial charge in [-0.3, -0.25) is 0 Å². The Hall–Kier alpha value is -1.01. The molecule has 2 heterocycles. The minimum absolute atomic E-state index is 0.404. The van der Waals surface area contributed by atoms with E-state index < -0.39 is 8.07 Å². The van der Waals surface area contributed by atoms with Crippen LogP contribution in [0.25, 0.3) is 0 Å². The Bertz CT molecular complexity index is 751. The summed E-state index contributed by atoms with van der Waals surface area (Å²) >= 11 is 13.3. The monoisotopic (exact) mass is 478 g/mol. The summed E-state index contributed by atoms with van der Waals surface area (Å²) in [7, 11) is -1.35. The summed E-state index contributed by atoms with van der Waals surface area (Å²) in [6.45, 7) is 6.54. The Balaban J connectivity index is 0.000000253. The molecule has 0 aliphatic carbocycles. The van der Waals surface area contributed by atoms with Crippen LogP contribution in [-0.2, 0) is 0 Å². The van der Waals surface area contributed by atoms with Crippen molar-refractivity contribution < 1.29 is 0 Å². The average molecular weight is 479 g/mol. The van der Waals surface area contributed by atoms with Crippen molar-refractivity contribution in [1.29, 1.82) is 0 Å². The molecule has 0 fully saturated rings. The maximum atomic E-state index is 5.74. The summed E-state index contributed by atoms with van der Waals surface area (Å²) in [5, 5.41) is 0.842. The van der Waals surface area contributed by atoms with E-state index in [0.717, 1.165) is 9.13 Å². The molecule has 4 N–H and O–H groups in total. The van der Waals surface area contributed by atoms with Crippen molar-refractivity contribution in [2.24, 2.45) is 0 Å². The molecule has 23 heavy (non-hydrogen) atoms. The van der Waals surface area contributed by atoms with Gasteiger partial charge < -0.3 is 11.5 Å². The second-order valence-electron chi connectivity index (χ2n) is 5.62. The minimum atomic E-state index is -1.35. The number of pyridine rings is 2. The number of nitrogens with two attached hydrogens (primary N) is 2. The van der Waals surface area contributed by atoms with Gasteiger partial charge in [-0.1, -0.05) is 48.8 Å². The van der Waals surface area contributed by atoms with Gasteiger partial charge in [0.2, 0.25) is 0 Å². The van der Waals surface area contributed by atoms with E-state index in [4.69, 9.17) is 34.7 Å². The van der Waals surface area contributed by atoms with Crippen molar-refractivity contribution in [3.8, 4) is 11.5 Å². The highest BCUT2D eigenvalue weighted by Gasteiger charge is 2.08. The maximum Gasteiger partial charge on any atom is 0.131 e. The highest BCUT2D eigenvalue weighted by Crippen LogP contribution is 2.16. The molecule has 0 atom stereocenters. The summed E-state index contributed by atoms with van der Waals surface area (Å²) in [5.74, 6) is 3.05. The molecule has 0 bridgehead atoms. The lowest BCUT2D eigenvalue weighted by Crippen LogP contribution is -2.16. The molecule has 4 nitrogen and oxygen atoms in total. The van der Waals surface area contributed by atoms with Gasteiger partial charge in [0.1, 0.15) is 18.4 Å². The molecule has 0 radical (unpaired) electrons. The quantitative estimate of drug-likeness (QED) is 0.253. The van der Waals surface area contributed by atoms with E-state index in [1.54, 1.807) is 24.5 Å². The van der Waals surface area contributed by atoms with Gasteiger partial charge in [0, 0.05) is 18.1 Å². The van der Waals surface area contributed by atoms with E-state index in [-0.39, 0.29) is 0 Å². The molecule has 0 amide bonds. The van der Waals surface area contributed by atoms with Crippen molar-refractivity contribution in [2.45, 2.75) is 19.6 Å². The lowest BCUT2D eigenvalue weighted by atomic mass is 10.2. The first-order chi connectivity index (χ1) is 10.6. The van der Waals surface area contributed by atoms with Crippen molar-refractivity contribution >= 4 is 65.2 Å². The predicted molar refractivity (Wildman–Crippen MR) is 110 cm³/mol. The topological polar surface area (TPSA) is 77.8 Å². The molecule has 2 aromatic rings. The number of nitrogen functional groups attached to an aromatic ring is 2. The van der Waals surface area contributed by atoms with Gasteiger partial charge in [-0.2, -0.15) is 0 Å². The summed E-state index contributed by atoms with van der Waals surface area (Å²) in [5.41, 5.74) is 16.5. The zero-order valence-electron chi connectivity index (χ0n) is 13.0. The number of aromatic nitrogens is 2. The van der Waals surface area contributed by atoms with Crippen molar-refractivity contribution in [1.82, 2.24) is 9.97 Å². The molecule has 2 rings (SSSR count). The van der Waals surface area contributed by atoms with Crippen LogP contribution in [0.2, 0.25) is 29.9 Å². The zero-order chi connectivity index (χ0) is 17.6. The van der Waals surface area contributed by atoms with Crippen LogP contribution in [-0.4, -0.2) is 18.0 Å². The van der Waals surface area contributed by atoms with E-state index in [0.29, 0.717) is 21.7 Å². The minimum Gasteiger partial charge on any atom is -0.398 e. The van der Waals surface area contributed by atoms with E-state index in [2.05, 4.69) is 63.7 Å². The Morgan fingerprint density at radius 3 is 1.96 bits per heavy atom. The van der Waals surface area contributed by atoms with Crippen LogP contribution in [0.4, 0.5) is 11.4 Å². The number of halogens is 3. The second kappa shape index (κ2) is 8.73. The van der Waals surface area contributed by atoms with Crippen LogP contribution in [0.1, 0.15) is 5.56 Å². The summed E-state index contributed by atoms with van der Waals surface area (Å²) in [6, 6.07) is 3.25. The third-order valence-electron chi connectivity index (χ3n) is 2.33. The van der Waals surface area contributed by atoms with Crippen LogP contribution in [0.5, 0.6) is 0 Å². The fourth-order valence-corrected chi connectivity index (χ4v) is 2.37. The van der Waals surface area contributed by atoms with Gasteiger partial charge in [-0.25, -0.2) is 9.97 Å². The second-order valence-corrected chi connectivity index (χ2v) is 12.3. The van der Waals surface area contributed by atoms with E-state index >= 15 is 0 Å². The maximum absolute atomic E-state index is 5.74. The first-order valence-electron chi connectivity index (χ1n) is 6.59. The lowest BCUT2D eigenvalue weighted by Gasteiger charge is -2.04. The molecule has 0 saturated carbocycles. The Morgan fingerprint density at radius 1 is 1.00 bits per heavy atom. The zero-order valence-corrected chi connectivity index (χ0v) is 17.7. The van der Waals surface area contributed by atoms with Gasteiger partial charge in [-0.05, 0) is 34.7 Å². The Morgan fingerprint density at radius 2 is 1.52 bits per heavy atom. The van der Waals surface area contributed by atoms with Crippen LogP contribution in [0, 0.1) is 15.0 Å². The summed E-state index contributed by atoms with van der Waals surface area (Å²) < 4.78 is 0.928. The Kier molecular flexibility index (Phi) is 7.60. The third-order valence-corrected chi connectivity index (χ3v) is 4.52. The van der Waals surface area contributed by atoms with Gasteiger partial charge in [-0.15, -0.1) is 5.54 Å². The standard InChI is InChI=1S/C10H13ClN2Si.C5H4ClIN2/c1-14(2,3)5-4-8-7-13-10(11)6-9(8)12;6-5-1-4(8)3(7)2-9-5/h6-7H,1-3H3,(H2,12,13);1-2H,(H2,8,9). The van der Waals surface area contributed by atoms with Gasteiger partial charge in [0.05, 0.1) is 14.8 Å². The smallest absolute Gasteiger partial charge is 0.131 e. The molecular weight excluding hydrogens is 462 g/mol. The number of rotatable bonds is 0. The largest absolute Gasteiger partial charge is 0.398 e. The number of nitrogens with zero attached hydrogens (tertiary/aromatic N) is 2. The SMILES string of the molecule is C[Si](C)(C)C#Cc1cnc(Cl)cc1N.Nc1cc(Cl)ncc1I. The van der Waals surface area contributed by atoms with Crippen LogP contribution in [0.3, 0.4) is 0 Å². The molecular formula is C15H17Cl2IN4Si. The summed E-state index contributed by atoms with van der Waals surface area (Å²) in [6.07, 6.45) is 3.25. The molecule has 2 aromatic heterocycles. The first-order valence-corrected chi connectivity index (χ1v) is 11.9. The van der Waals surface area contributed by atoms with E-state index in [1.165, 1.54) is 0 Å². The summed E-state index contributed by atoms with van der Waals surface area (Å²) in [4.78, 5) is 7.76. The molecule has 122 valence electrons. The molecule has 8 heteroatoms. The van der Waals surface area contributed by atoms with Gasteiger partial charge in [0.25, 0.3) is 0 Å². The highest BCUT2D eigenvalue weighted by atomic mass is 127. The fourth-order valence-electron chi connectivity index (χ4n) is 1.23. The van der Waals surface area contributed by atoms with Gasteiger partial charge >= 0.3 is 0 Å². The average Bonchev–Trinajstić information content (AvgIpc) is 2.42. The lowest BCUT2D eigenvalue weighted by molar-refractivity contribution is 1.31. The molecule has 0 spiro atoms. The number of hydrogen-bond donors (Lipinski definition) is 2. The van der Waals surface area contributed by atoms with Crippen LogP contribution >= 0.6 is 45.8 Å². The van der Waals surface area contributed by atoms with Crippen LogP contribution in [0.15, 0.2) is 24.5 Å². The molecule has 0 aromatic carbocycles. The van der Waals surface area contributed by atoms with Crippen molar-refractivity contribution in [3.05, 3.63) is 44.0 Å². The predicted octanol–water partition coefficient (Wildman–Crippen LogP) is 4.47. The third kappa shape index (κ3) is 7.88. The van der Waals surface area contributed by atoms with E-state index in [9.17, 15) is 0 Å². The molecule has 0 unspecified atom stereocenters. The van der Waals surface area contributed by atoms with Crippen molar-refractivity contribution in [2.75, 3.05) is 11.5 Å². The fraction of sp³-hybridized carbons (Fsp3) is 0.200. The first kappa shape index (κ1) is 20.0. The van der Waals surface area contributed by atoms with Gasteiger partial charge in [0.15, 0.2) is 0 Å². The number of hydrogen-bond acceptors (Lipinski definition) is 4. The van der Waals surface area contributed by atoms with Crippen LogP contribution < -0.4 is 11.5 Å². The normalized spacial score (nSPS) is 10.2.